The van der Waals surface area contributed by atoms with Gasteiger partial charge in [0.25, 0.3) is 0 Å². The number of alkyl halides is 1. The van der Waals surface area contributed by atoms with E-state index in [2.05, 4.69) is 15.9 Å². The number of esters is 1. The molecule has 4 aliphatic rings. The van der Waals surface area contributed by atoms with Gasteiger partial charge in [0.2, 0.25) is 0 Å². The second kappa shape index (κ2) is 4.11. The molecule has 3 heterocycles. The molecular weight excluding hydrogens is 314 g/mol. The standard InChI is InChI=1S/C13H18BrNO4/c1-13(2,3)19-12(17)15-5-6-4-7-9(15)10(8(6)14)18-11(7)16/h6-10H,4-5H2,1-3H3/t6-,7+,8+,9+,10-/m1/s1. The summed E-state index contributed by atoms with van der Waals surface area (Å²) < 4.78 is 10.8. The number of halogens is 1. The third-order valence-electron chi connectivity index (χ3n) is 4.04. The molecule has 4 rings (SSSR count). The van der Waals surface area contributed by atoms with Crippen molar-refractivity contribution in [3.63, 3.8) is 0 Å². The largest absolute Gasteiger partial charge is 0.459 e. The van der Waals surface area contributed by atoms with Crippen molar-refractivity contribution in [1.82, 2.24) is 4.90 Å². The Labute approximate surface area is 120 Å². The van der Waals surface area contributed by atoms with Crippen LogP contribution in [0, 0.1) is 11.8 Å². The second-order valence-electron chi connectivity index (χ2n) is 6.57. The van der Waals surface area contributed by atoms with Crippen LogP contribution in [-0.2, 0) is 14.3 Å². The Balaban J connectivity index is 1.83. The van der Waals surface area contributed by atoms with E-state index < -0.39 is 5.60 Å². The van der Waals surface area contributed by atoms with Crippen LogP contribution in [-0.4, -0.2) is 46.1 Å². The minimum Gasteiger partial charge on any atom is -0.459 e. The fourth-order valence-corrected chi connectivity index (χ4v) is 4.14. The zero-order chi connectivity index (χ0) is 13.9. The molecule has 0 unspecified atom stereocenters. The number of fused-ring (bicyclic) bond motifs is 1. The quantitative estimate of drug-likeness (QED) is 0.502. The van der Waals surface area contributed by atoms with Gasteiger partial charge in [0.15, 0.2) is 0 Å². The lowest BCUT2D eigenvalue weighted by Gasteiger charge is -2.49. The van der Waals surface area contributed by atoms with Crippen LogP contribution < -0.4 is 0 Å². The summed E-state index contributed by atoms with van der Waals surface area (Å²) in [5.74, 6) is -0.0840. The number of carbonyl (C=O) groups is 2. The number of piperidine rings is 2. The van der Waals surface area contributed by atoms with Crippen molar-refractivity contribution in [3.8, 4) is 0 Å². The first kappa shape index (κ1) is 13.2. The molecule has 19 heavy (non-hydrogen) atoms. The lowest BCUT2D eigenvalue weighted by Crippen LogP contribution is -2.64. The van der Waals surface area contributed by atoms with E-state index in [4.69, 9.17) is 9.47 Å². The van der Waals surface area contributed by atoms with Crippen molar-refractivity contribution in [1.29, 1.82) is 0 Å². The van der Waals surface area contributed by atoms with Crippen molar-refractivity contribution in [3.05, 3.63) is 0 Å². The molecule has 5 nitrogen and oxygen atoms in total. The number of nitrogens with zero attached hydrogens (tertiary/aromatic N) is 1. The number of ether oxygens (including phenoxy) is 2. The molecule has 106 valence electrons. The van der Waals surface area contributed by atoms with Gasteiger partial charge in [-0.25, -0.2) is 4.79 Å². The van der Waals surface area contributed by atoms with Gasteiger partial charge in [-0.05, 0) is 33.1 Å². The summed E-state index contributed by atoms with van der Waals surface area (Å²) >= 11 is 3.61. The van der Waals surface area contributed by atoms with Gasteiger partial charge < -0.3 is 14.4 Å². The van der Waals surface area contributed by atoms with Crippen LogP contribution in [0.4, 0.5) is 4.79 Å². The molecule has 4 fully saturated rings. The van der Waals surface area contributed by atoms with Crippen LogP contribution in [0.15, 0.2) is 0 Å². The van der Waals surface area contributed by atoms with Gasteiger partial charge in [0, 0.05) is 6.54 Å². The monoisotopic (exact) mass is 331 g/mol. The fraction of sp³-hybridized carbons (Fsp3) is 0.846. The summed E-state index contributed by atoms with van der Waals surface area (Å²) in [4.78, 5) is 25.9. The van der Waals surface area contributed by atoms with Gasteiger partial charge in [-0.2, -0.15) is 0 Å². The Morgan fingerprint density at radius 2 is 2.16 bits per heavy atom. The molecule has 1 amide bonds. The molecule has 0 radical (unpaired) electrons. The molecule has 3 saturated heterocycles. The van der Waals surface area contributed by atoms with Crippen LogP contribution in [0.3, 0.4) is 0 Å². The predicted octanol–water partition coefficient (Wildman–Crippen LogP) is 1.93. The van der Waals surface area contributed by atoms with Gasteiger partial charge in [-0.1, -0.05) is 15.9 Å². The molecule has 0 aromatic carbocycles. The minimum atomic E-state index is -0.522. The van der Waals surface area contributed by atoms with Gasteiger partial charge in [0.05, 0.1) is 16.8 Å². The molecule has 5 atom stereocenters. The van der Waals surface area contributed by atoms with Gasteiger partial charge in [-0.15, -0.1) is 0 Å². The van der Waals surface area contributed by atoms with Gasteiger partial charge in [-0.3, -0.25) is 4.79 Å². The predicted molar refractivity (Wildman–Crippen MR) is 70.9 cm³/mol. The molecule has 6 heteroatoms. The van der Waals surface area contributed by atoms with Gasteiger partial charge >= 0.3 is 12.1 Å². The first-order valence-corrected chi connectivity index (χ1v) is 7.54. The highest BCUT2D eigenvalue weighted by molar-refractivity contribution is 9.09. The molecule has 0 aromatic rings. The molecule has 1 saturated carbocycles. The summed E-state index contributed by atoms with van der Waals surface area (Å²) in [5.41, 5.74) is -0.522. The van der Waals surface area contributed by atoms with E-state index in [0.29, 0.717) is 6.54 Å². The Hall–Kier alpha value is -0.780. The Morgan fingerprint density at radius 1 is 1.47 bits per heavy atom. The second-order valence-corrected chi connectivity index (χ2v) is 7.63. The van der Waals surface area contributed by atoms with Crippen molar-refractivity contribution in [2.45, 2.75) is 49.8 Å². The molecule has 1 aliphatic carbocycles. The number of rotatable bonds is 0. The molecular formula is C13H18BrNO4. The third-order valence-corrected chi connectivity index (χ3v) is 5.31. The summed E-state index contributed by atoms with van der Waals surface area (Å²) in [6, 6.07) is -0.170. The first-order valence-electron chi connectivity index (χ1n) is 6.62. The molecule has 3 aliphatic heterocycles. The summed E-state index contributed by atoms with van der Waals surface area (Å²) in [6.07, 6.45) is 0.238. The Kier molecular flexibility index (Phi) is 2.86. The highest BCUT2D eigenvalue weighted by Crippen LogP contribution is 2.48. The molecule has 0 N–H and O–H groups in total. The number of carbonyl (C=O) groups excluding carboxylic acids is 2. The van der Waals surface area contributed by atoms with E-state index in [1.807, 2.05) is 20.8 Å². The highest BCUT2D eigenvalue weighted by atomic mass is 79.9. The average Bonchev–Trinajstić information content (AvgIpc) is 2.57. The minimum absolute atomic E-state index is 0.152. The van der Waals surface area contributed by atoms with Crippen molar-refractivity contribution in [2.24, 2.45) is 11.8 Å². The Bertz CT molecular complexity index is 433. The van der Waals surface area contributed by atoms with E-state index in [1.165, 1.54) is 0 Å². The van der Waals surface area contributed by atoms with E-state index in [0.717, 1.165) is 6.42 Å². The van der Waals surface area contributed by atoms with E-state index in [1.54, 1.807) is 4.90 Å². The topological polar surface area (TPSA) is 55.8 Å². The maximum Gasteiger partial charge on any atom is 0.410 e. The fourth-order valence-electron chi connectivity index (χ4n) is 3.33. The van der Waals surface area contributed by atoms with Crippen LogP contribution in [0.2, 0.25) is 0 Å². The van der Waals surface area contributed by atoms with Crippen LogP contribution in [0.5, 0.6) is 0 Å². The molecule has 0 aromatic heterocycles. The van der Waals surface area contributed by atoms with Crippen LogP contribution in [0.25, 0.3) is 0 Å². The normalized spacial score (nSPS) is 40.3. The summed E-state index contributed by atoms with van der Waals surface area (Å²) in [5, 5.41) is 0. The molecule has 0 spiro atoms. The van der Waals surface area contributed by atoms with Crippen LogP contribution >= 0.6 is 15.9 Å². The van der Waals surface area contributed by atoms with Crippen molar-refractivity contribution in [2.75, 3.05) is 6.54 Å². The van der Waals surface area contributed by atoms with E-state index in [9.17, 15) is 9.59 Å². The lowest BCUT2D eigenvalue weighted by molar-refractivity contribution is -0.143. The smallest absolute Gasteiger partial charge is 0.410 e. The number of amides is 1. The molecule has 4 bridgehead atoms. The maximum atomic E-state index is 12.3. The summed E-state index contributed by atoms with van der Waals surface area (Å²) in [6.45, 7) is 6.17. The SMILES string of the molecule is CC(C)(C)OC(=O)N1C[C@H]2C[C@@H]3C(=O)O[C@H]([C@H]2Br)[C@H]31. The Morgan fingerprint density at radius 3 is 2.79 bits per heavy atom. The van der Waals surface area contributed by atoms with E-state index >= 15 is 0 Å². The third kappa shape index (κ3) is 2.04. The maximum absolute atomic E-state index is 12.3. The number of hydrogen-bond acceptors (Lipinski definition) is 4. The average molecular weight is 332 g/mol. The van der Waals surface area contributed by atoms with Crippen molar-refractivity contribution < 1.29 is 19.1 Å². The lowest BCUT2D eigenvalue weighted by atomic mass is 9.73. The zero-order valence-corrected chi connectivity index (χ0v) is 12.8. The first-order chi connectivity index (χ1) is 8.78. The zero-order valence-electron chi connectivity index (χ0n) is 11.3. The summed E-state index contributed by atoms with van der Waals surface area (Å²) in [7, 11) is 0. The van der Waals surface area contributed by atoms with Crippen molar-refractivity contribution >= 4 is 28.0 Å². The van der Waals surface area contributed by atoms with Gasteiger partial charge in [0.1, 0.15) is 11.7 Å². The van der Waals surface area contributed by atoms with Crippen LogP contribution in [0.1, 0.15) is 27.2 Å². The number of hydrogen-bond donors (Lipinski definition) is 0. The highest BCUT2D eigenvalue weighted by Gasteiger charge is 2.62. The van der Waals surface area contributed by atoms with E-state index in [-0.39, 0.29) is 40.9 Å².